The molecule has 126 valence electrons. The lowest BCUT2D eigenvalue weighted by Crippen LogP contribution is -2.47. The van der Waals surface area contributed by atoms with E-state index in [2.05, 4.69) is 5.10 Å². The van der Waals surface area contributed by atoms with Crippen LogP contribution in [0.5, 0.6) is 0 Å². The average Bonchev–Trinajstić information content (AvgIpc) is 2.96. The van der Waals surface area contributed by atoms with Gasteiger partial charge in [-0.05, 0) is 31.2 Å². The van der Waals surface area contributed by atoms with Gasteiger partial charge in [-0.2, -0.15) is 18.3 Å². The minimum absolute atomic E-state index is 0.0173. The lowest BCUT2D eigenvalue weighted by molar-refractivity contribution is -0.137. The number of carbonyl (C=O) groups excluding carboxylic acids is 1. The van der Waals surface area contributed by atoms with Crippen molar-refractivity contribution in [2.75, 3.05) is 11.4 Å². The van der Waals surface area contributed by atoms with Crippen LogP contribution >= 0.6 is 0 Å². The van der Waals surface area contributed by atoms with E-state index in [4.69, 9.17) is 0 Å². The van der Waals surface area contributed by atoms with E-state index < -0.39 is 24.8 Å². The Kier molecular flexibility index (Phi) is 3.88. The number of carbonyl (C=O) groups is 1. The van der Waals surface area contributed by atoms with Gasteiger partial charge in [0, 0.05) is 23.9 Å². The van der Waals surface area contributed by atoms with Gasteiger partial charge in [-0.3, -0.25) is 9.48 Å². The maximum Gasteiger partial charge on any atom is 0.492 e. The van der Waals surface area contributed by atoms with Gasteiger partial charge in [-0.15, -0.1) is 0 Å². The Morgan fingerprint density at radius 1 is 1.25 bits per heavy atom. The Balaban J connectivity index is 1.98. The minimum Gasteiger partial charge on any atom is -0.423 e. The summed E-state index contributed by atoms with van der Waals surface area (Å²) in [5.74, 6) is -0.548. The van der Waals surface area contributed by atoms with Gasteiger partial charge >= 0.3 is 13.3 Å². The molecule has 1 aliphatic heterocycles. The quantitative estimate of drug-likeness (QED) is 0.794. The van der Waals surface area contributed by atoms with Crippen LogP contribution in [0.1, 0.15) is 29.0 Å². The van der Waals surface area contributed by atoms with Crippen LogP contribution in [0.15, 0.2) is 30.5 Å². The van der Waals surface area contributed by atoms with Crippen molar-refractivity contribution in [3.05, 3.63) is 41.7 Å². The SMILES string of the molecule is C[C@H]1CN(c2ccc(C(F)(F)F)cc2)C(=O)c2c(B(O)O)cnn21. The fourth-order valence-corrected chi connectivity index (χ4v) is 2.73. The lowest BCUT2D eigenvalue weighted by Gasteiger charge is -2.32. The van der Waals surface area contributed by atoms with E-state index in [1.165, 1.54) is 27.9 Å². The van der Waals surface area contributed by atoms with E-state index in [-0.39, 0.29) is 23.7 Å². The van der Waals surface area contributed by atoms with E-state index in [9.17, 15) is 28.0 Å². The normalized spacial score (nSPS) is 17.8. The fourth-order valence-electron chi connectivity index (χ4n) is 2.73. The van der Waals surface area contributed by atoms with Crippen LogP contribution in [0.3, 0.4) is 0 Å². The molecule has 0 saturated carbocycles. The molecule has 6 nitrogen and oxygen atoms in total. The third kappa shape index (κ3) is 2.67. The topological polar surface area (TPSA) is 78.6 Å². The standard InChI is InChI=1S/C14H13BF3N3O3/c1-8-7-20(10-4-2-9(3-5-10)14(16,17)18)13(22)12-11(15(23)24)6-19-21(8)12/h2-6,8,23-24H,7H2,1H3/t8-/m0/s1. The van der Waals surface area contributed by atoms with Crippen molar-refractivity contribution in [1.82, 2.24) is 9.78 Å². The van der Waals surface area contributed by atoms with Crippen LogP contribution in [-0.4, -0.2) is 39.4 Å². The molecule has 0 bridgehead atoms. The molecule has 2 heterocycles. The summed E-state index contributed by atoms with van der Waals surface area (Å²) in [6.45, 7) is 1.98. The number of anilines is 1. The number of benzene rings is 1. The highest BCUT2D eigenvalue weighted by Crippen LogP contribution is 2.32. The maximum absolute atomic E-state index is 12.7. The van der Waals surface area contributed by atoms with Crippen molar-refractivity contribution >= 4 is 24.2 Å². The maximum atomic E-state index is 12.7. The molecule has 0 radical (unpaired) electrons. The number of hydrogen-bond acceptors (Lipinski definition) is 4. The second-order valence-electron chi connectivity index (χ2n) is 5.58. The summed E-state index contributed by atoms with van der Waals surface area (Å²) < 4.78 is 39.3. The fraction of sp³-hybridized carbons (Fsp3) is 0.286. The van der Waals surface area contributed by atoms with Crippen molar-refractivity contribution < 1.29 is 28.0 Å². The Morgan fingerprint density at radius 2 is 1.88 bits per heavy atom. The molecule has 1 aliphatic rings. The van der Waals surface area contributed by atoms with Gasteiger partial charge in [0.15, 0.2) is 0 Å². The number of fused-ring (bicyclic) bond motifs is 1. The number of halogens is 3. The van der Waals surface area contributed by atoms with Gasteiger partial charge in [0.25, 0.3) is 5.91 Å². The average molecular weight is 339 g/mol. The zero-order valence-corrected chi connectivity index (χ0v) is 12.5. The van der Waals surface area contributed by atoms with Crippen molar-refractivity contribution in [3.63, 3.8) is 0 Å². The third-order valence-corrected chi connectivity index (χ3v) is 3.92. The largest absolute Gasteiger partial charge is 0.492 e. The number of hydrogen-bond donors (Lipinski definition) is 2. The molecule has 1 aromatic heterocycles. The van der Waals surface area contributed by atoms with Crippen molar-refractivity contribution in [2.45, 2.75) is 19.1 Å². The molecule has 1 amide bonds. The summed E-state index contributed by atoms with van der Waals surface area (Å²) in [5.41, 5.74) is -0.530. The highest BCUT2D eigenvalue weighted by atomic mass is 19.4. The van der Waals surface area contributed by atoms with Gasteiger partial charge in [0.2, 0.25) is 0 Å². The Bertz CT molecular complexity index is 760. The number of rotatable bonds is 2. The highest BCUT2D eigenvalue weighted by molar-refractivity contribution is 6.60. The van der Waals surface area contributed by atoms with Crippen LogP contribution in [0.4, 0.5) is 18.9 Å². The van der Waals surface area contributed by atoms with Gasteiger partial charge in [-0.25, -0.2) is 0 Å². The number of amides is 1. The summed E-state index contributed by atoms with van der Waals surface area (Å²) >= 11 is 0. The van der Waals surface area contributed by atoms with Crippen molar-refractivity contribution in [2.24, 2.45) is 0 Å². The summed E-state index contributed by atoms with van der Waals surface area (Å²) in [6.07, 6.45) is -3.25. The molecule has 3 rings (SSSR count). The van der Waals surface area contributed by atoms with Crippen LogP contribution < -0.4 is 10.4 Å². The van der Waals surface area contributed by atoms with Crippen LogP contribution in [0.25, 0.3) is 0 Å². The Hall–Kier alpha value is -2.33. The molecule has 0 spiro atoms. The van der Waals surface area contributed by atoms with Gasteiger partial charge in [0.05, 0.1) is 11.6 Å². The smallest absolute Gasteiger partial charge is 0.423 e. The minimum atomic E-state index is -4.45. The molecule has 0 saturated heterocycles. The zero-order chi connectivity index (χ0) is 17.6. The van der Waals surface area contributed by atoms with Gasteiger partial charge in [0.1, 0.15) is 5.69 Å². The monoisotopic (exact) mass is 339 g/mol. The molecule has 10 heteroatoms. The van der Waals surface area contributed by atoms with Crippen LogP contribution in [-0.2, 0) is 6.18 Å². The van der Waals surface area contributed by atoms with Gasteiger partial charge in [-0.1, -0.05) is 0 Å². The second-order valence-corrected chi connectivity index (χ2v) is 5.58. The predicted octanol–water partition coefficient (Wildman–Crippen LogP) is 0.803. The first-order valence-electron chi connectivity index (χ1n) is 7.13. The highest BCUT2D eigenvalue weighted by Gasteiger charge is 2.36. The third-order valence-electron chi connectivity index (χ3n) is 3.92. The second kappa shape index (κ2) is 5.64. The van der Waals surface area contributed by atoms with Crippen LogP contribution in [0.2, 0.25) is 0 Å². The summed E-state index contributed by atoms with van der Waals surface area (Å²) in [7, 11) is -1.86. The number of nitrogens with zero attached hydrogens (tertiary/aromatic N) is 3. The van der Waals surface area contributed by atoms with Crippen LogP contribution in [0, 0.1) is 0 Å². The molecule has 0 aliphatic carbocycles. The lowest BCUT2D eigenvalue weighted by atomic mass is 9.80. The van der Waals surface area contributed by atoms with E-state index >= 15 is 0 Å². The number of alkyl halides is 3. The Morgan fingerprint density at radius 3 is 2.42 bits per heavy atom. The molecule has 24 heavy (non-hydrogen) atoms. The van der Waals surface area contributed by atoms with E-state index in [0.717, 1.165) is 12.1 Å². The first-order chi connectivity index (χ1) is 11.2. The summed E-state index contributed by atoms with van der Waals surface area (Å²) in [4.78, 5) is 14.0. The van der Waals surface area contributed by atoms with Gasteiger partial charge < -0.3 is 14.9 Å². The molecule has 0 unspecified atom stereocenters. The predicted molar refractivity (Wildman–Crippen MR) is 79.9 cm³/mol. The zero-order valence-electron chi connectivity index (χ0n) is 12.5. The van der Waals surface area contributed by atoms with E-state index in [1.54, 1.807) is 6.92 Å². The molecule has 0 fully saturated rings. The van der Waals surface area contributed by atoms with E-state index in [0.29, 0.717) is 5.69 Å². The Labute approximate surface area is 135 Å². The molecular formula is C14H13BF3N3O3. The molecular weight excluding hydrogens is 326 g/mol. The number of aromatic nitrogens is 2. The van der Waals surface area contributed by atoms with Crippen molar-refractivity contribution in [3.8, 4) is 0 Å². The molecule has 2 aromatic rings. The summed E-state index contributed by atoms with van der Waals surface area (Å²) in [6, 6.07) is 3.97. The first kappa shape index (κ1) is 16.5. The molecule has 2 N–H and O–H groups in total. The first-order valence-corrected chi connectivity index (χ1v) is 7.13. The van der Waals surface area contributed by atoms with Crippen molar-refractivity contribution in [1.29, 1.82) is 0 Å². The molecule has 1 atom stereocenters. The van der Waals surface area contributed by atoms with E-state index in [1.807, 2.05) is 0 Å². The summed E-state index contributed by atoms with van der Waals surface area (Å²) in [5, 5.41) is 22.7. The molecule has 1 aromatic carbocycles.